The molecule has 1 aliphatic rings. The molecule has 2 N–H and O–H groups in total. The Balaban J connectivity index is 2.57. The van der Waals surface area contributed by atoms with Crippen molar-refractivity contribution in [3.63, 3.8) is 0 Å². The lowest BCUT2D eigenvalue weighted by Crippen LogP contribution is -2.15. The summed E-state index contributed by atoms with van der Waals surface area (Å²) < 4.78 is 5.06. The van der Waals surface area contributed by atoms with Gasteiger partial charge in [-0.05, 0) is 49.8 Å². The first-order valence-corrected chi connectivity index (χ1v) is 8.33. The van der Waals surface area contributed by atoms with Crippen LogP contribution >= 0.6 is 0 Å². The van der Waals surface area contributed by atoms with Crippen molar-refractivity contribution in [3.8, 4) is 0 Å². The van der Waals surface area contributed by atoms with Gasteiger partial charge in [0.1, 0.15) is 6.61 Å². The van der Waals surface area contributed by atoms with Crippen LogP contribution in [0.3, 0.4) is 0 Å². The van der Waals surface area contributed by atoms with Crippen LogP contribution in [0.4, 0.5) is 0 Å². The van der Waals surface area contributed by atoms with Gasteiger partial charge in [-0.25, -0.2) is 9.59 Å². The number of ether oxygens (including phenoxy) is 1. The molecule has 1 aromatic rings. The van der Waals surface area contributed by atoms with Crippen molar-refractivity contribution in [2.45, 2.75) is 46.1 Å². The van der Waals surface area contributed by atoms with Gasteiger partial charge in [0.25, 0.3) is 0 Å². The van der Waals surface area contributed by atoms with Crippen molar-refractivity contribution >= 4 is 17.9 Å². The smallest absolute Gasteiger partial charge is 0.339 e. The average molecular weight is 358 g/mol. The number of carbonyl (C=O) groups excluding carboxylic acids is 1. The number of cyclic esters (lactones) is 1. The Hall–Kier alpha value is -2.89. The molecule has 0 bridgehead atoms. The van der Waals surface area contributed by atoms with E-state index in [9.17, 15) is 19.5 Å². The standard InChI is InChI=1S/C20H22O6/c1-4-5-13-12(3)15-10-26-20(25)18(15)17(19(23)24)14(13)8-6-11(2)7-9-16(21)22/h4,6H,1,5,7-10H2,2-3H3,(H,21,22)(H,23,24)/b11-6+. The van der Waals surface area contributed by atoms with Gasteiger partial charge in [-0.1, -0.05) is 17.7 Å². The number of carboxylic acids is 2. The van der Waals surface area contributed by atoms with Crippen molar-refractivity contribution in [2.24, 2.45) is 0 Å². The number of esters is 1. The van der Waals surface area contributed by atoms with Gasteiger partial charge >= 0.3 is 17.9 Å². The number of hydrogen-bond donors (Lipinski definition) is 2. The van der Waals surface area contributed by atoms with Crippen LogP contribution in [0.25, 0.3) is 0 Å². The zero-order valence-corrected chi connectivity index (χ0v) is 14.9. The summed E-state index contributed by atoms with van der Waals surface area (Å²) in [5.41, 5.74) is 3.83. The molecular weight excluding hydrogens is 336 g/mol. The molecule has 0 unspecified atom stereocenters. The van der Waals surface area contributed by atoms with Crippen molar-refractivity contribution in [1.82, 2.24) is 0 Å². The third kappa shape index (κ3) is 3.85. The van der Waals surface area contributed by atoms with Gasteiger partial charge in [0.05, 0.1) is 11.1 Å². The lowest BCUT2D eigenvalue weighted by atomic mass is 9.85. The quantitative estimate of drug-likeness (QED) is 0.545. The minimum absolute atomic E-state index is 0.0170. The fraction of sp³-hybridized carbons (Fsp3) is 0.350. The Morgan fingerprint density at radius 2 is 1.88 bits per heavy atom. The zero-order chi connectivity index (χ0) is 19.4. The summed E-state index contributed by atoms with van der Waals surface area (Å²) in [7, 11) is 0. The van der Waals surface area contributed by atoms with Crippen molar-refractivity contribution in [1.29, 1.82) is 0 Å². The van der Waals surface area contributed by atoms with Crippen LogP contribution in [0.15, 0.2) is 24.3 Å². The molecule has 0 aliphatic carbocycles. The van der Waals surface area contributed by atoms with E-state index in [0.29, 0.717) is 30.4 Å². The molecule has 138 valence electrons. The molecule has 1 heterocycles. The van der Waals surface area contributed by atoms with E-state index in [2.05, 4.69) is 6.58 Å². The maximum atomic E-state index is 12.1. The van der Waals surface area contributed by atoms with Gasteiger partial charge in [0, 0.05) is 12.0 Å². The van der Waals surface area contributed by atoms with Gasteiger partial charge in [0.2, 0.25) is 0 Å². The number of benzene rings is 1. The average Bonchev–Trinajstić information content (AvgIpc) is 2.95. The molecule has 1 aromatic carbocycles. The molecule has 0 atom stereocenters. The van der Waals surface area contributed by atoms with E-state index >= 15 is 0 Å². The monoisotopic (exact) mass is 358 g/mol. The Morgan fingerprint density at radius 1 is 1.19 bits per heavy atom. The van der Waals surface area contributed by atoms with E-state index < -0.39 is 17.9 Å². The normalized spacial score (nSPS) is 13.3. The predicted molar refractivity (Wildman–Crippen MR) is 95.5 cm³/mol. The summed E-state index contributed by atoms with van der Waals surface area (Å²) in [5, 5.41) is 18.5. The fourth-order valence-corrected chi connectivity index (χ4v) is 3.23. The molecule has 0 saturated carbocycles. The molecule has 26 heavy (non-hydrogen) atoms. The second-order valence-electron chi connectivity index (χ2n) is 6.33. The number of carboxylic acid groups (broad SMARTS) is 2. The number of fused-ring (bicyclic) bond motifs is 1. The number of carbonyl (C=O) groups is 3. The van der Waals surface area contributed by atoms with E-state index in [0.717, 1.165) is 16.7 Å². The van der Waals surface area contributed by atoms with Crippen LogP contribution in [0.5, 0.6) is 0 Å². The van der Waals surface area contributed by atoms with E-state index in [1.54, 1.807) is 6.08 Å². The molecule has 6 nitrogen and oxygen atoms in total. The Kier molecular flexibility index (Phi) is 5.97. The van der Waals surface area contributed by atoms with Crippen molar-refractivity contribution in [2.75, 3.05) is 0 Å². The minimum Gasteiger partial charge on any atom is -0.481 e. The highest BCUT2D eigenvalue weighted by Gasteiger charge is 2.33. The highest BCUT2D eigenvalue weighted by Crippen LogP contribution is 2.34. The van der Waals surface area contributed by atoms with Crippen LogP contribution < -0.4 is 0 Å². The maximum Gasteiger partial charge on any atom is 0.339 e. The van der Waals surface area contributed by atoms with Gasteiger partial charge in [-0.2, -0.15) is 0 Å². The van der Waals surface area contributed by atoms with Crippen LogP contribution in [0.2, 0.25) is 0 Å². The number of allylic oxidation sites excluding steroid dienone is 3. The second kappa shape index (κ2) is 7.99. The molecule has 6 heteroatoms. The zero-order valence-electron chi connectivity index (χ0n) is 14.9. The topological polar surface area (TPSA) is 101 Å². The number of aromatic carboxylic acids is 1. The van der Waals surface area contributed by atoms with Crippen molar-refractivity contribution in [3.05, 3.63) is 57.7 Å². The van der Waals surface area contributed by atoms with Crippen LogP contribution in [-0.4, -0.2) is 28.1 Å². The second-order valence-corrected chi connectivity index (χ2v) is 6.33. The molecular formula is C20H22O6. The first-order chi connectivity index (χ1) is 12.3. The van der Waals surface area contributed by atoms with Gasteiger partial charge in [0.15, 0.2) is 0 Å². The van der Waals surface area contributed by atoms with E-state index in [1.807, 2.05) is 19.9 Å². The highest BCUT2D eigenvalue weighted by molar-refractivity contribution is 6.06. The third-order valence-corrected chi connectivity index (χ3v) is 4.63. The summed E-state index contributed by atoms with van der Waals surface area (Å²) in [6, 6.07) is 0. The summed E-state index contributed by atoms with van der Waals surface area (Å²) in [6.45, 7) is 7.49. The molecule has 0 radical (unpaired) electrons. The molecule has 0 amide bonds. The largest absolute Gasteiger partial charge is 0.481 e. The molecule has 0 saturated heterocycles. The highest BCUT2D eigenvalue weighted by atomic mass is 16.5. The van der Waals surface area contributed by atoms with E-state index in [4.69, 9.17) is 9.84 Å². The summed E-state index contributed by atoms with van der Waals surface area (Å²) >= 11 is 0. The number of hydrogen-bond acceptors (Lipinski definition) is 4. The summed E-state index contributed by atoms with van der Waals surface area (Å²) in [5.74, 6) is -2.66. The summed E-state index contributed by atoms with van der Waals surface area (Å²) in [4.78, 5) is 34.7. The predicted octanol–water partition coefficient (Wildman–Crippen LogP) is 3.45. The minimum atomic E-state index is -1.17. The number of rotatable bonds is 8. The molecule has 1 aliphatic heterocycles. The van der Waals surface area contributed by atoms with Gasteiger partial charge < -0.3 is 14.9 Å². The van der Waals surface area contributed by atoms with Crippen LogP contribution in [0, 0.1) is 6.92 Å². The molecule has 0 aromatic heterocycles. The van der Waals surface area contributed by atoms with Crippen LogP contribution in [-0.2, 0) is 29.0 Å². The van der Waals surface area contributed by atoms with Crippen molar-refractivity contribution < 1.29 is 29.3 Å². The Morgan fingerprint density at radius 3 is 2.46 bits per heavy atom. The van der Waals surface area contributed by atoms with Gasteiger partial charge in [-0.15, -0.1) is 6.58 Å². The third-order valence-electron chi connectivity index (χ3n) is 4.63. The Labute approximate surface area is 151 Å². The lowest BCUT2D eigenvalue weighted by Gasteiger charge is -2.17. The molecule has 2 rings (SSSR count). The molecule has 0 fully saturated rings. The number of aliphatic carboxylic acids is 1. The van der Waals surface area contributed by atoms with E-state index in [-0.39, 0.29) is 24.2 Å². The summed E-state index contributed by atoms with van der Waals surface area (Å²) in [6.07, 6.45) is 4.71. The first-order valence-electron chi connectivity index (χ1n) is 8.33. The maximum absolute atomic E-state index is 12.1. The SMILES string of the molecule is C=CCc1c(C)c2c(c(C(=O)O)c1C/C=C(\C)CCC(=O)O)C(=O)OC2. The molecule has 0 spiro atoms. The fourth-order valence-electron chi connectivity index (χ4n) is 3.23. The first kappa shape index (κ1) is 19.4. The van der Waals surface area contributed by atoms with E-state index in [1.165, 1.54) is 0 Å². The van der Waals surface area contributed by atoms with Gasteiger partial charge in [-0.3, -0.25) is 4.79 Å². The van der Waals surface area contributed by atoms with Crippen LogP contribution in [0.1, 0.15) is 62.7 Å². The Bertz CT molecular complexity index is 816. The lowest BCUT2D eigenvalue weighted by molar-refractivity contribution is -0.136.